The van der Waals surface area contributed by atoms with E-state index >= 15 is 0 Å². The Morgan fingerprint density at radius 1 is 1.17 bits per heavy atom. The molecule has 1 saturated heterocycles. The minimum atomic E-state index is -0.266. The number of anilines is 1. The molecule has 1 N–H and O–H groups in total. The van der Waals surface area contributed by atoms with Crippen molar-refractivity contribution in [2.75, 3.05) is 24.7 Å². The second-order valence-corrected chi connectivity index (χ2v) is 8.66. The number of carbonyl (C=O) groups excluding carboxylic acids is 2. The predicted molar refractivity (Wildman–Crippen MR) is 118 cm³/mol. The number of ether oxygens (including phenoxy) is 1. The second kappa shape index (κ2) is 9.83. The summed E-state index contributed by atoms with van der Waals surface area (Å²) in [6, 6.07) is 15.7. The van der Waals surface area contributed by atoms with E-state index in [1.807, 2.05) is 67.3 Å². The summed E-state index contributed by atoms with van der Waals surface area (Å²) in [5.74, 6) is 1.07. The number of aryl methyl sites for hydroxylation is 1. The fourth-order valence-corrected chi connectivity index (χ4v) is 4.29. The number of hydrogen-bond acceptors (Lipinski definition) is 4. The summed E-state index contributed by atoms with van der Waals surface area (Å²) >= 11 is 1.38. The minimum Gasteiger partial charge on any atom is -0.497 e. The summed E-state index contributed by atoms with van der Waals surface area (Å²) in [6.45, 7) is 4.65. The van der Waals surface area contributed by atoms with Gasteiger partial charge in [0.25, 0.3) is 0 Å². The fourth-order valence-electron chi connectivity index (χ4n) is 3.54. The first-order valence-electron chi connectivity index (χ1n) is 9.90. The third-order valence-corrected chi connectivity index (χ3v) is 6.31. The van der Waals surface area contributed by atoms with Crippen LogP contribution in [0, 0.1) is 6.92 Å². The zero-order valence-corrected chi connectivity index (χ0v) is 18.0. The van der Waals surface area contributed by atoms with Crippen molar-refractivity contribution in [3.8, 4) is 5.75 Å². The van der Waals surface area contributed by atoms with Gasteiger partial charge in [-0.3, -0.25) is 9.59 Å². The van der Waals surface area contributed by atoms with E-state index in [0.717, 1.165) is 42.0 Å². The molecule has 0 aromatic heterocycles. The first kappa shape index (κ1) is 21.2. The topological polar surface area (TPSA) is 58.6 Å². The van der Waals surface area contributed by atoms with Gasteiger partial charge in [-0.15, -0.1) is 11.8 Å². The van der Waals surface area contributed by atoms with Crippen LogP contribution in [0.2, 0.25) is 0 Å². The zero-order valence-electron chi connectivity index (χ0n) is 17.2. The molecule has 2 amide bonds. The van der Waals surface area contributed by atoms with E-state index < -0.39 is 0 Å². The Kier molecular flexibility index (Phi) is 7.20. The van der Waals surface area contributed by atoms with Crippen molar-refractivity contribution < 1.29 is 14.3 Å². The van der Waals surface area contributed by atoms with E-state index in [0.29, 0.717) is 0 Å². The normalized spacial score (nSPS) is 17.1. The molecule has 1 aliphatic rings. The number of amides is 2. The summed E-state index contributed by atoms with van der Waals surface area (Å²) in [5.41, 5.74) is 3.05. The molecule has 1 aliphatic heterocycles. The molecule has 2 aromatic carbocycles. The van der Waals surface area contributed by atoms with Crippen molar-refractivity contribution in [2.24, 2.45) is 0 Å². The minimum absolute atomic E-state index is 0.0911. The standard InChI is InChI=1S/C23H28N2O3S/c1-16-6-10-19(11-7-16)24-22(26)15-29-17(2)23(27)25-14-4-5-21(25)18-8-12-20(28-3)13-9-18/h6-13,17,21H,4-5,14-15H2,1-3H3,(H,24,26)/t17-,21+/m1/s1. The van der Waals surface area contributed by atoms with Gasteiger partial charge in [-0.25, -0.2) is 0 Å². The molecule has 0 aliphatic carbocycles. The van der Waals surface area contributed by atoms with Crippen LogP contribution in [0.5, 0.6) is 5.75 Å². The van der Waals surface area contributed by atoms with E-state index in [2.05, 4.69) is 5.32 Å². The highest BCUT2D eigenvalue weighted by atomic mass is 32.2. The quantitative estimate of drug-likeness (QED) is 0.731. The van der Waals surface area contributed by atoms with E-state index in [9.17, 15) is 9.59 Å². The lowest BCUT2D eigenvalue weighted by molar-refractivity contribution is -0.131. The first-order valence-corrected chi connectivity index (χ1v) is 11.0. The van der Waals surface area contributed by atoms with Gasteiger partial charge in [0.1, 0.15) is 5.75 Å². The molecule has 1 heterocycles. The highest BCUT2D eigenvalue weighted by Crippen LogP contribution is 2.34. The van der Waals surface area contributed by atoms with Crippen molar-refractivity contribution in [3.05, 3.63) is 59.7 Å². The van der Waals surface area contributed by atoms with Crippen LogP contribution in [0.1, 0.15) is 36.9 Å². The molecular formula is C23H28N2O3S. The van der Waals surface area contributed by atoms with Gasteiger partial charge in [-0.05, 0) is 56.5 Å². The van der Waals surface area contributed by atoms with Crippen LogP contribution in [0.25, 0.3) is 0 Å². The van der Waals surface area contributed by atoms with Gasteiger partial charge in [0.2, 0.25) is 11.8 Å². The molecule has 0 bridgehead atoms. The average Bonchev–Trinajstić information content (AvgIpc) is 3.23. The summed E-state index contributed by atoms with van der Waals surface area (Å²) in [6.07, 6.45) is 1.96. The molecule has 0 saturated carbocycles. The maximum absolute atomic E-state index is 13.0. The molecule has 2 atom stereocenters. The fraction of sp³-hybridized carbons (Fsp3) is 0.391. The number of carbonyl (C=O) groups is 2. The van der Waals surface area contributed by atoms with Crippen molar-refractivity contribution in [3.63, 3.8) is 0 Å². The Labute approximate surface area is 176 Å². The molecule has 29 heavy (non-hydrogen) atoms. The van der Waals surface area contributed by atoms with Gasteiger partial charge < -0.3 is 15.0 Å². The van der Waals surface area contributed by atoms with Gasteiger partial charge in [0.15, 0.2) is 0 Å². The third-order valence-electron chi connectivity index (χ3n) is 5.18. The number of benzene rings is 2. The number of methoxy groups -OCH3 is 1. The third kappa shape index (κ3) is 5.54. The molecule has 6 heteroatoms. The lowest BCUT2D eigenvalue weighted by Gasteiger charge is -2.27. The van der Waals surface area contributed by atoms with Crippen LogP contribution < -0.4 is 10.1 Å². The van der Waals surface area contributed by atoms with Crippen molar-refractivity contribution >= 4 is 29.3 Å². The molecule has 0 radical (unpaired) electrons. The van der Waals surface area contributed by atoms with Crippen molar-refractivity contribution in [1.82, 2.24) is 4.90 Å². The van der Waals surface area contributed by atoms with Crippen LogP contribution >= 0.6 is 11.8 Å². The van der Waals surface area contributed by atoms with Crippen LogP contribution in [0.15, 0.2) is 48.5 Å². The highest BCUT2D eigenvalue weighted by molar-refractivity contribution is 8.01. The molecule has 154 valence electrons. The van der Waals surface area contributed by atoms with E-state index in [1.54, 1.807) is 7.11 Å². The molecule has 0 spiro atoms. The summed E-state index contributed by atoms with van der Waals surface area (Å²) < 4.78 is 5.23. The van der Waals surface area contributed by atoms with Crippen LogP contribution in [-0.4, -0.2) is 41.4 Å². The number of hydrogen-bond donors (Lipinski definition) is 1. The number of rotatable bonds is 7. The zero-order chi connectivity index (χ0) is 20.8. The van der Waals surface area contributed by atoms with Crippen LogP contribution in [0.4, 0.5) is 5.69 Å². The smallest absolute Gasteiger partial charge is 0.235 e. The Hall–Kier alpha value is -2.47. The number of likely N-dealkylation sites (tertiary alicyclic amines) is 1. The van der Waals surface area contributed by atoms with Gasteiger partial charge in [0, 0.05) is 12.2 Å². The van der Waals surface area contributed by atoms with Crippen LogP contribution in [0.3, 0.4) is 0 Å². The predicted octanol–water partition coefficient (Wildman–Crippen LogP) is 4.43. The molecule has 2 aromatic rings. The molecule has 1 fully saturated rings. The van der Waals surface area contributed by atoms with E-state index in [4.69, 9.17) is 4.74 Å². The van der Waals surface area contributed by atoms with Crippen molar-refractivity contribution in [1.29, 1.82) is 0 Å². The van der Waals surface area contributed by atoms with Gasteiger partial charge in [-0.1, -0.05) is 29.8 Å². The lowest BCUT2D eigenvalue weighted by Crippen LogP contribution is -2.36. The monoisotopic (exact) mass is 412 g/mol. The number of nitrogens with one attached hydrogen (secondary N) is 1. The molecule has 3 rings (SSSR count). The van der Waals surface area contributed by atoms with Gasteiger partial charge >= 0.3 is 0 Å². The summed E-state index contributed by atoms with van der Waals surface area (Å²) in [4.78, 5) is 27.2. The molecular weight excluding hydrogens is 384 g/mol. The van der Waals surface area contributed by atoms with E-state index in [1.165, 1.54) is 11.8 Å². The van der Waals surface area contributed by atoms with Crippen LogP contribution in [-0.2, 0) is 9.59 Å². The Balaban J connectivity index is 1.54. The van der Waals surface area contributed by atoms with Gasteiger partial charge in [0.05, 0.1) is 24.2 Å². The molecule has 5 nitrogen and oxygen atoms in total. The Bertz CT molecular complexity index is 836. The average molecular weight is 413 g/mol. The Morgan fingerprint density at radius 3 is 2.52 bits per heavy atom. The Morgan fingerprint density at radius 2 is 1.86 bits per heavy atom. The van der Waals surface area contributed by atoms with Crippen molar-refractivity contribution in [2.45, 2.75) is 38.0 Å². The van der Waals surface area contributed by atoms with Gasteiger partial charge in [-0.2, -0.15) is 0 Å². The maximum atomic E-state index is 13.0. The number of thioether (sulfide) groups is 1. The molecule has 0 unspecified atom stereocenters. The largest absolute Gasteiger partial charge is 0.497 e. The summed E-state index contributed by atoms with van der Waals surface area (Å²) in [7, 11) is 1.65. The second-order valence-electron chi connectivity index (χ2n) is 7.33. The first-order chi connectivity index (χ1) is 14.0. The number of nitrogens with zero attached hydrogens (tertiary/aromatic N) is 1. The summed E-state index contributed by atoms with van der Waals surface area (Å²) in [5, 5.41) is 2.62. The van der Waals surface area contributed by atoms with E-state index in [-0.39, 0.29) is 28.9 Å². The lowest BCUT2D eigenvalue weighted by atomic mass is 10.0. The maximum Gasteiger partial charge on any atom is 0.235 e. The SMILES string of the molecule is COc1ccc([C@@H]2CCCN2C(=O)[C@@H](C)SCC(=O)Nc2ccc(C)cc2)cc1. The highest BCUT2D eigenvalue weighted by Gasteiger charge is 2.32.